The standard InChI is InChI=1S/C15H21N3O3/c1-10-8-12(17-21-10)14(20)18-7-6-15(9-18)5-3-4-11(15)13(19)16-2/h8,11H,3-7,9H2,1-2H3,(H,16,19)/t11-,15-/m1/s1. The average molecular weight is 291 g/mol. The van der Waals surface area contributed by atoms with Crippen molar-refractivity contribution in [3.05, 3.63) is 17.5 Å². The Kier molecular flexibility index (Phi) is 3.47. The second kappa shape index (κ2) is 5.16. The summed E-state index contributed by atoms with van der Waals surface area (Å²) in [6.45, 7) is 3.11. The Hall–Kier alpha value is -1.85. The zero-order valence-corrected chi connectivity index (χ0v) is 12.5. The highest BCUT2D eigenvalue weighted by Crippen LogP contribution is 2.49. The molecule has 0 radical (unpaired) electrons. The van der Waals surface area contributed by atoms with Gasteiger partial charge in [0.25, 0.3) is 5.91 Å². The number of aromatic nitrogens is 1. The highest BCUT2D eigenvalue weighted by Gasteiger charge is 2.51. The second-order valence-corrected chi connectivity index (χ2v) is 6.22. The van der Waals surface area contributed by atoms with Crippen LogP contribution in [0.25, 0.3) is 0 Å². The van der Waals surface area contributed by atoms with Crippen molar-refractivity contribution < 1.29 is 14.1 Å². The first-order valence-corrected chi connectivity index (χ1v) is 7.50. The van der Waals surface area contributed by atoms with E-state index in [-0.39, 0.29) is 23.1 Å². The summed E-state index contributed by atoms with van der Waals surface area (Å²) in [7, 11) is 1.68. The van der Waals surface area contributed by atoms with E-state index in [1.54, 1.807) is 20.0 Å². The predicted molar refractivity (Wildman–Crippen MR) is 75.6 cm³/mol. The summed E-state index contributed by atoms with van der Waals surface area (Å²) in [6, 6.07) is 1.66. The molecule has 1 spiro atoms. The van der Waals surface area contributed by atoms with Crippen molar-refractivity contribution in [1.29, 1.82) is 0 Å². The van der Waals surface area contributed by atoms with Gasteiger partial charge in [-0.05, 0) is 26.2 Å². The van der Waals surface area contributed by atoms with Gasteiger partial charge in [-0.3, -0.25) is 9.59 Å². The molecule has 0 unspecified atom stereocenters. The molecule has 1 aromatic rings. The first kappa shape index (κ1) is 14.1. The topological polar surface area (TPSA) is 75.4 Å². The van der Waals surface area contributed by atoms with Crippen LogP contribution in [0.2, 0.25) is 0 Å². The Morgan fingerprint density at radius 3 is 2.95 bits per heavy atom. The fraction of sp³-hybridized carbons (Fsp3) is 0.667. The average Bonchev–Trinajstić information content (AvgIpc) is 3.19. The van der Waals surface area contributed by atoms with E-state index in [0.29, 0.717) is 24.5 Å². The first-order chi connectivity index (χ1) is 10.1. The summed E-state index contributed by atoms with van der Waals surface area (Å²) >= 11 is 0. The maximum Gasteiger partial charge on any atom is 0.276 e. The molecule has 6 heteroatoms. The van der Waals surface area contributed by atoms with Gasteiger partial charge in [0.15, 0.2) is 5.69 Å². The van der Waals surface area contributed by atoms with Crippen molar-refractivity contribution >= 4 is 11.8 Å². The third-order valence-electron chi connectivity index (χ3n) is 4.99. The number of carbonyl (C=O) groups is 2. The summed E-state index contributed by atoms with van der Waals surface area (Å²) in [5.41, 5.74) is 0.313. The Labute approximate surface area is 123 Å². The minimum absolute atomic E-state index is 0.0272. The van der Waals surface area contributed by atoms with Crippen LogP contribution < -0.4 is 5.32 Å². The highest BCUT2D eigenvalue weighted by molar-refractivity contribution is 5.92. The van der Waals surface area contributed by atoms with E-state index in [1.807, 2.05) is 4.90 Å². The fourth-order valence-electron chi connectivity index (χ4n) is 3.91. The zero-order chi connectivity index (χ0) is 15.0. The number of nitrogens with zero attached hydrogens (tertiary/aromatic N) is 2. The third kappa shape index (κ3) is 2.32. The van der Waals surface area contributed by atoms with Crippen molar-refractivity contribution in [1.82, 2.24) is 15.4 Å². The maximum absolute atomic E-state index is 12.4. The Morgan fingerprint density at radius 2 is 2.29 bits per heavy atom. The van der Waals surface area contributed by atoms with Crippen molar-refractivity contribution in [3.63, 3.8) is 0 Å². The molecule has 1 aliphatic heterocycles. The van der Waals surface area contributed by atoms with E-state index in [9.17, 15) is 9.59 Å². The number of rotatable bonds is 2. The van der Waals surface area contributed by atoms with E-state index >= 15 is 0 Å². The molecule has 21 heavy (non-hydrogen) atoms. The van der Waals surface area contributed by atoms with Gasteiger partial charge < -0.3 is 14.7 Å². The van der Waals surface area contributed by atoms with Crippen LogP contribution in [-0.2, 0) is 4.79 Å². The number of hydrogen-bond donors (Lipinski definition) is 1. The van der Waals surface area contributed by atoms with Gasteiger partial charge >= 0.3 is 0 Å². The maximum atomic E-state index is 12.4. The van der Waals surface area contributed by atoms with E-state index in [2.05, 4.69) is 10.5 Å². The summed E-state index contributed by atoms with van der Waals surface area (Å²) in [6.07, 6.45) is 3.90. The van der Waals surface area contributed by atoms with E-state index in [0.717, 1.165) is 25.7 Å². The lowest BCUT2D eigenvalue weighted by atomic mass is 9.76. The largest absolute Gasteiger partial charge is 0.361 e. The molecule has 6 nitrogen and oxygen atoms in total. The van der Waals surface area contributed by atoms with Crippen molar-refractivity contribution in [2.24, 2.45) is 11.3 Å². The molecule has 2 heterocycles. The smallest absolute Gasteiger partial charge is 0.276 e. The molecule has 1 N–H and O–H groups in total. The van der Waals surface area contributed by atoms with Gasteiger partial charge in [0.05, 0.1) is 0 Å². The molecule has 1 aliphatic carbocycles. The fourth-order valence-corrected chi connectivity index (χ4v) is 3.91. The lowest BCUT2D eigenvalue weighted by molar-refractivity contribution is -0.127. The van der Waals surface area contributed by atoms with Crippen molar-refractivity contribution in [3.8, 4) is 0 Å². The van der Waals surface area contributed by atoms with Gasteiger partial charge in [-0.15, -0.1) is 0 Å². The number of amides is 2. The van der Waals surface area contributed by atoms with E-state index in [4.69, 9.17) is 4.52 Å². The van der Waals surface area contributed by atoms with Gasteiger partial charge in [0.1, 0.15) is 5.76 Å². The number of carbonyl (C=O) groups excluding carboxylic acids is 2. The Morgan fingerprint density at radius 1 is 1.48 bits per heavy atom. The van der Waals surface area contributed by atoms with Gasteiger partial charge in [0.2, 0.25) is 5.91 Å². The third-order valence-corrected chi connectivity index (χ3v) is 4.99. The van der Waals surface area contributed by atoms with Crippen LogP contribution in [0.5, 0.6) is 0 Å². The van der Waals surface area contributed by atoms with Crippen LogP contribution >= 0.6 is 0 Å². The summed E-state index contributed by atoms with van der Waals surface area (Å²) in [5.74, 6) is 0.682. The number of likely N-dealkylation sites (tertiary alicyclic amines) is 1. The first-order valence-electron chi connectivity index (χ1n) is 7.50. The molecule has 114 valence electrons. The number of hydrogen-bond acceptors (Lipinski definition) is 4. The molecular formula is C15H21N3O3. The van der Waals surface area contributed by atoms with E-state index in [1.165, 1.54) is 0 Å². The minimum atomic E-state index is -0.0914. The molecule has 0 bridgehead atoms. The zero-order valence-electron chi connectivity index (χ0n) is 12.5. The van der Waals surface area contributed by atoms with Gasteiger partial charge in [-0.25, -0.2) is 0 Å². The van der Waals surface area contributed by atoms with E-state index < -0.39 is 0 Å². The molecule has 1 aromatic heterocycles. The Bertz CT molecular complexity index is 568. The lowest BCUT2D eigenvalue weighted by Gasteiger charge is -2.30. The Balaban J connectivity index is 1.75. The second-order valence-electron chi connectivity index (χ2n) is 6.22. The number of nitrogens with one attached hydrogen (secondary N) is 1. The molecule has 2 amide bonds. The van der Waals surface area contributed by atoms with Gasteiger partial charge in [0, 0.05) is 37.5 Å². The minimum Gasteiger partial charge on any atom is -0.361 e. The number of aryl methyl sites for hydroxylation is 1. The molecule has 2 atom stereocenters. The van der Waals surface area contributed by atoms with Crippen LogP contribution in [0.3, 0.4) is 0 Å². The van der Waals surface area contributed by atoms with Crippen LogP contribution in [0.1, 0.15) is 41.9 Å². The summed E-state index contributed by atoms with van der Waals surface area (Å²) in [5, 5.41) is 6.57. The molecular weight excluding hydrogens is 270 g/mol. The molecule has 0 aromatic carbocycles. The predicted octanol–water partition coefficient (Wildman–Crippen LogP) is 1.36. The monoisotopic (exact) mass is 291 g/mol. The van der Waals surface area contributed by atoms with Crippen molar-refractivity contribution in [2.45, 2.75) is 32.6 Å². The van der Waals surface area contributed by atoms with Crippen LogP contribution in [-0.4, -0.2) is 42.0 Å². The van der Waals surface area contributed by atoms with Gasteiger partial charge in [-0.1, -0.05) is 11.6 Å². The lowest BCUT2D eigenvalue weighted by Crippen LogP contribution is -2.40. The SMILES string of the molecule is CNC(=O)[C@H]1CCC[C@]12CCN(C(=O)c1cc(C)on1)C2. The van der Waals surface area contributed by atoms with Gasteiger partial charge in [-0.2, -0.15) is 0 Å². The molecule has 2 fully saturated rings. The molecule has 1 saturated heterocycles. The normalized spacial score (nSPS) is 28.3. The molecule has 2 aliphatic rings. The molecule has 1 saturated carbocycles. The molecule has 3 rings (SSSR count). The van der Waals surface area contributed by atoms with Crippen molar-refractivity contribution in [2.75, 3.05) is 20.1 Å². The quantitative estimate of drug-likeness (QED) is 0.892. The van der Waals surface area contributed by atoms with Crippen LogP contribution in [0, 0.1) is 18.3 Å². The highest BCUT2D eigenvalue weighted by atomic mass is 16.5. The summed E-state index contributed by atoms with van der Waals surface area (Å²) in [4.78, 5) is 26.4. The summed E-state index contributed by atoms with van der Waals surface area (Å²) < 4.78 is 4.98. The van der Waals surface area contributed by atoms with Crippen LogP contribution in [0.15, 0.2) is 10.6 Å². The van der Waals surface area contributed by atoms with Crippen LogP contribution in [0.4, 0.5) is 0 Å².